The lowest BCUT2D eigenvalue weighted by atomic mass is 10.2. The van der Waals surface area contributed by atoms with Crippen molar-refractivity contribution >= 4 is 36.5 Å². The number of pyridine rings is 1. The van der Waals surface area contributed by atoms with Gasteiger partial charge in [-0.1, -0.05) is 6.07 Å². The molecule has 154 valence electrons. The van der Waals surface area contributed by atoms with E-state index in [9.17, 15) is 4.79 Å². The number of rotatable bonds is 7. The first kappa shape index (κ1) is 23.9. The third-order valence-corrected chi connectivity index (χ3v) is 4.96. The summed E-state index contributed by atoms with van der Waals surface area (Å²) in [7, 11) is 0. The van der Waals surface area contributed by atoms with Crippen LogP contribution in [0.15, 0.2) is 24.4 Å². The normalized spacial score (nSPS) is 18.3. The summed E-state index contributed by atoms with van der Waals surface area (Å²) < 4.78 is 0. The third-order valence-electron chi connectivity index (χ3n) is 4.96. The SMILES string of the molecule is Cl.Cl.O=C(CCN1CCN(c2ccccn2)CC1)NCCN1CCNCC1. The number of aromatic nitrogens is 1. The van der Waals surface area contributed by atoms with E-state index in [2.05, 4.69) is 36.4 Å². The molecule has 7 nitrogen and oxygen atoms in total. The van der Waals surface area contributed by atoms with Crippen molar-refractivity contribution in [3.8, 4) is 0 Å². The Morgan fingerprint density at radius 2 is 1.70 bits per heavy atom. The lowest BCUT2D eigenvalue weighted by molar-refractivity contribution is -0.121. The summed E-state index contributed by atoms with van der Waals surface area (Å²) in [6, 6.07) is 6.03. The highest BCUT2D eigenvalue weighted by Crippen LogP contribution is 2.12. The molecule has 3 rings (SSSR count). The molecule has 0 saturated carbocycles. The van der Waals surface area contributed by atoms with Crippen LogP contribution in [0.1, 0.15) is 6.42 Å². The summed E-state index contributed by atoms with van der Waals surface area (Å²) >= 11 is 0. The lowest BCUT2D eigenvalue weighted by Crippen LogP contribution is -2.48. The van der Waals surface area contributed by atoms with Gasteiger partial charge in [0.25, 0.3) is 0 Å². The number of hydrogen-bond donors (Lipinski definition) is 2. The largest absolute Gasteiger partial charge is 0.355 e. The van der Waals surface area contributed by atoms with Gasteiger partial charge < -0.3 is 15.5 Å². The zero-order valence-electron chi connectivity index (χ0n) is 15.8. The minimum atomic E-state index is 0. The van der Waals surface area contributed by atoms with E-state index in [1.54, 1.807) is 0 Å². The zero-order valence-corrected chi connectivity index (χ0v) is 17.4. The molecule has 9 heteroatoms. The maximum absolute atomic E-state index is 12.0. The van der Waals surface area contributed by atoms with Crippen LogP contribution in [0.2, 0.25) is 0 Å². The summed E-state index contributed by atoms with van der Waals surface area (Å²) in [6.45, 7) is 10.8. The molecule has 0 bridgehead atoms. The van der Waals surface area contributed by atoms with Gasteiger partial charge in [0.2, 0.25) is 5.91 Å². The molecule has 0 aromatic carbocycles. The van der Waals surface area contributed by atoms with Gasteiger partial charge >= 0.3 is 0 Å². The summed E-state index contributed by atoms with van der Waals surface area (Å²) in [5.74, 6) is 1.22. The van der Waals surface area contributed by atoms with E-state index in [0.29, 0.717) is 6.42 Å². The van der Waals surface area contributed by atoms with Crippen molar-refractivity contribution in [3.63, 3.8) is 0 Å². The summed E-state index contributed by atoms with van der Waals surface area (Å²) in [5, 5.41) is 6.40. The third kappa shape index (κ3) is 8.19. The molecule has 2 aliphatic rings. The Balaban J connectivity index is 0.00000182. The van der Waals surface area contributed by atoms with E-state index in [1.165, 1.54) is 0 Å². The average molecular weight is 419 g/mol. The Labute approximate surface area is 174 Å². The van der Waals surface area contributed by atoms with E-state index >= 15 is 0 Å². The molecule has 1 amide bonds. The van der Waals surface area contributed by atoms with Gasteiger partial charge in [-0.3, -0.25) is 14.6 Å². The molecular formula is C18H32Cl2N6O. The molecular weight excluding hydrogens is 387 g/mol. The topological polar surface area (TPSA) is 63.7 Å². The second kappa shape index (κ2) is 13.1. The number of nitrogens with one attached hydrogen (secondary N) is 2. The van der Waals surface area contributed by atoms with Gasteiger partial charge in [-0.15, -0.1) is 24.8 Å². The molecule has 1 aromatic heterocycles. The fourth-order valence-corrected chi connectivity index (χ4v) is 3.38. The Morgan fingerprint density at radius 3 is 2.37 bits per heavy atom. The number of hydrogen-bond acceptors (Lipinski definition) is 6. The summed E-state index contributed by atoms with van der Waals surface area (Å²) in [4.78, 5) is 23.5. The monoisotopic (exact) mass is 418 g/mol. The number of carbonyl (C=O) groups excluding carboxylic acids is 1. The van der Waals surface area contributed by atoms with Crippen molar-refractivity contribution in [2.45, 2.75) is 6.42 Å². The van der Waals surface area contributed by atoms with Crippen LogP contribution in [-0.4, -0.2) is 92.7 Å². The van der Waals surface area contributed by atoms with Crippen LogP contribution in [-0.2, 0) is 4.79 Å². The van der Waals surface area contributed by atoms with Crippen molar-refractivity contribution in [1.29, 1.82) is 0 Å². The molecule has 2 saturated heterocycles. The second-order valence-corrected chi connectivity index (χ2v) is 6.71. The van der Waals surface area contributed by atoms with Crippen molar-refractivity contribution < 1.29 is 4.79 Å². The van der Waals surface area contributed by atoms with Gasteiger partial charge in [0.1, 0.15) is 5.82 Å². The van der Waals surface area contributed by atoms with Crippen LogP contribution in [0.4, 0.5) is 5.82 Å². The van der Waals surface area contributed by atoms with Crippen LogP contribution in [0.25, 0.3) is 0 Å². The second-order valence-electron chi connectivity index (χ2n) is 6.71. The molecule has 2 fully saturated rings. The standard InChI is InChI=1S/C18H30N6O.2ClH/c25-18(21-8-12-23-10-6-19-7-11-23)4-9-22-13-15-24(16-14-22)17-3-1-2-5-20-17;;/h1-3,5,19H,4,6-16H2,(H,21,25);2*1H. The Bertz CT molecular complexity index is 522. The number of carbonyl (C=O) groups is 1. The van der Waals surface area contributed by atoms with Gasteiger partial charge in [-0.05, 0) is 12.1 Å². The van der Waals surface area contributed by atoms with Crippen LogP contribution < -0.4 is 15.5 Å². The Morgan fingerprint density at radius 1 is 1.00 bits per heavy atom. The van der Waals surface area contributed by atoms with Gasteiger partial charge in [-0.25, -0.2) is 4.98 Å². The predicted octanol–water partition coefficient (Wildman–Crippen LogP) is 0.459. The highest BCUT2D eigenvalue weighted by Gasteiger charge is 2.18. The maximum atomic E-state index is 12.0. The minimum Gasteiger partial charge on any atom is -0.355 e. The molecule has 0 spiro atoms. The summed E-state index contributed by atoms with van der Waals surface area (Å²) in [5.41, 5.74) is 0. The van der Waals surface area contributed by atoms with Crippen LogP contribution in [0, 0.1) is 0 Å². The fourth-order valence-electron chi connectivity index (χ4n) is 3.38. The molecule has 3 heterocycles. The highest BCUT2D eigenvalue weighted by atomic mass is 35.5. The molecule has 2 aliphatic heterocycles. The Kier molecular flexibility index (Phi) is 11.6. The maximum Gasteiger partial charge on any atom is 0.221 e. The molecule has 0 unspecified atom stereocenters. The molecule has 0 radical (unpaired) electrons. The van der Waals surface area contributed by atoms with Crippen LogP contribution in [0.5, 0.6) is 0 Å². The van der Waals surface area contributed by atoms with E-state index < -0.39 is 0 Å². The lowest BCUT2D eigenvalue weighted by Gasteiger charge is -2.35. The van der Waals surface area contributed by atoms with E-state index in [0.717, 1.165) is 77.8 Å². The molecule has 27 heavy (non-hydrogen) atoms. The first-order chi connectivity index (χ1) is 12.3. The first-order valence-electron chi connectivity index (χ1n) is 9.39. The number of halogens is 2. The van der Waals surface area contributed by atoms with E-state index in [1.807, 2.05) is 18.3 Å². The van der Waals surface area contributed by atoms with Gasteiger partial charge in [-0.2, -0.15) is 0 Å². The Hall–Kier alpha value is -1.12. The summed E-state index contributed by atoms with van der Waals surface area (Å²) in [6.07, 6.45) is 2.43. The van der Waals surface area contributed by atoms with Gasteiger partial charge in [0, 0.05) is 84.6 Å². The number of amides is 1. The highest BCUT2D eigenvalue weighted by molar-refractivity contribution is 5.85. The van der Waals surface area contributed by atoms with Gasteiger partial charge in [0.15, 0.2) is 0 Å². The first-order valence-corrected chi connectivity index (χ1v) is 9.39. The van der Waals surface area contributed by atoms with Crippen molar-refractivity contribution in [3.05, 3.63) is 24.4 Å². The van der Waals surface area contributed by atoms with Crippen molar-refractivity contribution in [2.24, 2.45) is 0 Å². The number of piperazine rings is 2. The van der Waals surface area contributed by atoms with E-state index in [-0.39, 0.29) is 30.7 Å². The molecule has 0 aliphatic carbocycles. The molecule has 2 N–H and O–H groups in total. The van der Waals surface area contributed by atoms with Crippen LogP contribution >= 0.6 is 24.8 Å². The van der Waals surface area contributed by atoms with Crippen molar-refractivity contribution in [2.75, 3.05) is 76.9 Å². The van der Waals surface area contributed by atoms with E-state index in [4.69, 9.17) is 0 Å². The number of anilines is 1. The van der Waals surface area contributed by atoms with Gasteiger partial charge in [0.05, 0.1) is 0 Å². The fraction of sp³-hybridized carbons (Fsp3) is 0.667. The molecule has 1 aromatic rings. The van der Waals surface area contributed by atoms with Crippen molar-refractivity contribution in [1.82, 2.24) is 25.4 Å². The average Bonchev–Trinajstić information content (AvgIpc) is 2.68. The number of nitrogens with zero attached hydrogens (tertiary/aromatic N) is 4. The van der Waals surface area contributed by atoms with Crippen LogP contribution in [0.3, 0.4) is 0 Å². The molecule has 0 atom stereocenters. The predicted molar refractivity (Wildman–Crippen MR) is 114 cm³/mol. The quantitative estimate of drug-likeness (QED) is 0.670. The zero-order chi connectivity index (χ0) is 17.3. The smallest absolute Gasteiger partial charge is 0.221 e. The minimum absolute atomic E-state index is 0.